The lowest BCUT2D eigenvalue weighted by molar-refractivity contribution is -0.911. The van der Waals surface area contributed by atoms with Crippen LogP contribution in [0, 0.1) is 0 Å². The van der Waals surface area contributed by atoms with Crippen molar-refractivity contribution in [3.8, 4) is 0 Å². The molecule has 0 spiro atoms. The first-order valence-corrected chi connectivity index (χ1v) is 8.01. The second kappa shape index (κ2) is 6.83. The van der Waals surface area contributed by atoms with Gasteiger partial charge in [0.1, 0.15) is 13.1 Å². The molecule has 1 aromatic carbocycles. The van der Waals surface area contributed by atoms with Gasteiger partial charge in [0, 0.05) is 12.0 Å². The van der Waals surface area contributed by atoms with Crippen molar-refractivity contribution in [2.24, 2.45) is 0 Å². The summed E-state index contributed by atoms with van der Waals surface area (Å²) in [6.45, 7) is 4.84. The van der Waals surface area contributed by atoms with E-state index < -0.39 is 0 Å². The Hall–Kier alpha value is -2.34. The van der Waals surface area contributed by atoms with Crippen LogP contribution in [-0.2, 0) is 22.5 Å². The van der Waals surface area contributed by atoms with Gasteiger partial charge in [-0.1, -0.05) is 24.3 Å². The zero-order chi connectivity index (χ0) is 16.2. The summed E-state index contributed by atoms with van der Waals surface area (Å²) in [5.41, 5.74) is 3.94. The molecule has 122 valence electrons. The maximum atomic E-state index is 12.1. The van der Waals surface area contributed by atoms with Crippen LogP contribution in [0.25, 0.3) is 0 Å². The summed E-state index contributed by atoms with van der Waals surface area (Å²) >= 11 is 0. The minimum atomic E-state index is -0.355. The number of quaternary nitrogens is 1. The molecule has 6 nitrogen and oxygen atoms in total. The van der Waals surface area contributed by atoms with Crippen molar-refractivity contribution in [1.82, 2.24) is 10.6 Å². The van der Waals surface area contributed by atoms with Crippen LogP contribution in [0.3, 0.4) is 0 Å². The Morgan fingerprint density at radius 2 is 2.09 bits per heavy atom. The van der Waals surface area contributed by atoms with Crippen LogP contribution in [-0.4, -0.2) is 38.2 Å². The molecule has 3 N–H and O–H groups in total. The molecule has 2 aliphatic rings. The van der Waals surface area contributed by atoms with Gasteiger partial charge in [-0.2, -0.15) is 0 Å². The predicted molar refractivity (Wildman–Crippen MR) is 84.7 cm³/mol. The minimum Gasteiger partial charge on any atom is -0.463 e. The lowest BCUT2D eigenvalue weighted by atomic mass is 9.99. The van der Waals surface area contributed by atoms with Crippen LogP contribution in [0.4, 0.5) is 4.79 Å². The SMILES string of the molecule is CCOC(=O)C1=C(C[NH+]2CCc3ccccc3C2)NC(=O)NC1. The van der Waals surface area contributed by atoms with Gasteiger partial charge < -0.3 is 20.3 Å². The molecule has 1 unspecified atom stereocenters. The molecule has 0 aliphatic carbocycles. The van der Waals surface area contributed by atoms with Crippen molar-refractivity contribution < 1.29 is 19.2 Å². The summed E-state index contributed by atoms with van der Waals surface area (Å²) in [6, 6.07) is 8.18. The summed E-state index contributed by atoms with van der Waals surface area (Å²) in [7, 11) is 0. The van der Waals surface area contributed by atoms with E-state index >= 15 is 0 Å². The molecule has 0 radical (unpaired) electrons. The van der Waals surface area contributed by atoms with Gasteiger partial charge in [0.15, 0.2) is 0 Å². The molecule has 0 bridgehead atoms. The summed E-state index contributed by atoms with van der Waals surface area (Å²) in [4.78, 5) is 25.0. The molecule has 1 aromatic rings. The van der Waals surface area contributed by atoms with Gasteiger partial charge in [-0.25, -0.2) is 9.59 Å². The van der Waals surface area contributed by atoms with Crippen LogP contribution in [0.1, 0.15) is 18.1 Å². The van der Waals surface area contributed by atoms with Crippen LogP contribution >= 0.6 is 0 Å². The van der Waals surface area contributed by atoms with Crippen LogP contribution in [0.15, 0.2) is 35.5 Å². The Bertz CT molecular complexity index is 654. The average Bonchev–Trinajstić information content (AvgIpc) is 2.55. The van der Waals surface area contributed by atoms with Gasteiger partial charge in [0.2, 0.25) is 0 Å². The highest BCUT2D eigenvalue weighted by molar-refractivity contribution is 5.93. The molecule has 23 heavy (non-hydrogen) atoms. The highest BCUT2D eigenvalue weighted by atomic mass is 16.5. The smallest absolute Gasteiger partial charge is 0.337 e. The number of esters is 1. The van der Waals surface area contributed by atoms with Crippen LogP contribution in [0.5, 0.6) is 0 Å². The third-order valence-corrected chi connectivity index (χ3v) is 4.31. The van der Waals surface area contributed by atoms with E-state index in [0.717, 1.165) is 19.5 Å². The fraction of sp³-hybridized carbons (Fsp3) is 0.412. The lowest BCUT2D eigenvalue weighted by Gasteiger charge is -2.29. The molecule has 2 heterocycles. The quantitative estimate of drug-likeness (QED) is 0.671. The summed E-state index contributed by atoms with van der Waals surface area (Å²) in [6.07, 6.45) is 1.01. The van der Waals surface area contributed by atoms with Crippen LogP contribution < -0.4 is 15.5 Å². The number of nitrogens with one attached hydrogen (secondary N) is 3. The molecule has 0 fully saturated rings. The topological polar surface area (TPSA) is 71.9 Å². The number of carbonyl (C=O) groups is 2. The zero-order valence-electron chi connectivity index (χ0n) is 13.3. The van der Waals surface area contributed by atoms with E-state index in [2.05, 4.69) is 34.9 Å². The standard InChI is InChI=1S/C17H21N3O3/c1-2-23-16(21)14-9-18-17(22)19-15(14)11-20-8-7-12-5-3-4-6-13(12)10-20/h3-6H,2,7-11H2,1H3,(H2,18,19,22)/p+1. The summed E-state index contributed by atoms with van der Waals surface area (Å²) < 4.78 is 5.09. The van der Waals surface area contributed by atoms with Crippen molar-refractivity contribution in [3.05, 3.63) is 46.7 Å². The predicted octanol–water partition coefficient (Wildman–Crippen LogP) is -0.242. The Morgan fingerprint density at radius 1 is 1.30 bits per heavy atom. The number of hydrogen-bond donors (Lipinski definition) is 3. The zero-order valence-corrected chi connectivity index (χ0v) is 13.3. The molecule has 6 heteroatoms. The van der Waals surface area contributed by atoms with Crippen molar-refractivity contribution in [2.45, 2.75) is 19.9 Å². The number of amides is 2. The number of hydrogen-bond acceptors (Lipinski definition) is 3. The maximum Gasteiger partial charge on any atom is 0.337 e. The third-order valence-electron chi connectivity index (χ3n) is 4.31. The van der Waals surface area contributed by atoms with Crippen LogP contribution in [0.2, 0.25) is 0 Å². The first-order valence-electron chi connectivity index (χ1n) is 8.01. The van der Waals surface area contributed by atoms with Gasteiger partial charge in [-0.3, -0.25) is 0 Å². The monoisotopic (exact) mass is 316 g/mol. The van der Waals surface area contributed by atoms with Crippen molar-refractivity contribution in [2.75, 3.05) is 26.2 Å². The number of ether oxygens (including phenoxy) is 1. The average molecular weight is 316 g/mol. The van der Waals surface area contributed by atoms with Gasteiger partial charge in [-0.15, -0.1) is 0 Å². The van der Waals surface area contributed by atoms with Crippen molar-refractivity contribution in [1.29, 1.82) is 0 Å². The fourth-order valence-corrected chi connectivity index (χ4v) is 3.14. The fourth-order valence-electron chi connectivity index (χ4n) is 3.14. The first kappa shape index (κ1) is 15.6. The van der Waals surface area contributed by atoms with Gasteiger partial charge in [0.05, 0.1) is 31.0 Å². The lowest BCUT2D eigenvalue weighted by Crippen LogP contribution is -3.12. The van der Waals surface area contributed by atoms with E-state index in [1.807, 2.05) is 0 Å². The van der Waals surface area contributed by atoms with E-state index in [1.165, 1.54) is 16.0 Å². The Balaban J connectivity index is 1.76. The van der Waals surface area contributed by atoms with Crippen molar-refractivity contribution >= 4 is 12.0 Å². The minimum absolute atomic E-state index is 0.226. The second-order valence-corrected chi connectivity index (χ2v) is 5.86. The third kappa shape index (κ3) is 3.53. The molecule has 0 saturated carbocycles. The van der Waals surface area contributed by atoms with E-state index in [9.17, 15) is 9.59 Å². The number of urea groups is 1. The van der Waals surface area contributed by atoms with Crippen molar-refractivity contribution in [3.63, 3.8) is 0 Å². The van der Waals surface area contributed by atoms with Gasteiger partial charge in [-0.05, 0) is 12.5 Å². The molecule has 0 aromatic heterocycles. The first-order chi connectivity index (χ1) is 11.2. The number of carbonyl (C=O) groups excluding carboxylic acids is 2. The van der Waals surface area contributed by atoms with E-state index in [0.29, 0.717) is 24.4 Å². The van der Waals surface area contributed by atoms with Gasteiger partial charge in [0.25, 0.3) is 0 Å². The second-order valence-electron chi connectivity index (χ2n) is 5.86. The molecular formula is C17H22N3O3+. The molecule has 3 rings (SSSR count). The van der Waals surface area contributed by atoms with E-state index in [1.54, 1.807) is 6.92 Å². The molecule has 1 atom stereocenters. The normalized spacial score (nSPS) is 20.4. The van der Waals surface area contributed by atoms with E-state index in [-0.39, 0.29) is 18.5 Å². The molecular weight excluding hydrogens is 294 g/mol. The van der Waals surface area contributed by atoms with E-state index in [4.69, 9.17) is 4.74 Å². The Kier molecular flexibility index (Phi) is 4.62. The Labute approximate surface area is 135 Å². The molecule has 0 saturated heterocycles. The number of rotatable bonds is 4. The Morgan fingerprint density at radius 3 is 2.87 bits per heavy atom. The maximum absolute atomic E-state index is 12.1. The molecule has 2 amide bonds. The van der Waals surface area contributed by atoms with Gasteiger partial charge >= 0.3 is 12.0 Å². The summed E-state index contributed by atoms with van der Waals surface area (Å²) in [5, 5.41) is 5.42. The highest BCUT2D eigenvalue weighted by Gasteiger charge is 2.28. The number of fused-ring (bicyclic) bond motifs is 1. The largest absolute Gasteiger partial charge is 0.463 e. The molecule has 2 aliphatic heterocycles. The highest BCUT2D eigenvalue weighted by Crippen LogP contribution is 2.11. The number of benzene rings is 1. The summed E-state index contributed by atoms with van der Waals surface area (Å²) in [5.74, 6) is -0.355.